The minimum atomic E-state index is -0.224. The molecule has 5 heteroatoms. The van der Waals surface area contributed by atoms with Crippen LogP contribution in [0.15, 0.2) is 70.1 Å². The summed E-state index contributed by atoms with van der Waals surface area (Å²) in [6, 6.07) is 17.4. The van der Waals surface area contributed by atoms with Gasteiger partial charge in [-0.1, -0.05) is 36.4 Å². The lowest BCUT2D eigenvalue weighted by atomic mass is 10.0. The first kappa shape index (κ1) is 20.7. The molecule has 0 unspecified atom stereocenters. The summed E-state index contributed by atoms with van der Waals surface area (Å²) in [5.41, 5.74) is 5.78. The largest absolute Gasteiger partial charge is 0.459 e. The third-order valence-electron chi connectivity index (χ3n) is 5.92. The van der Waals surface area contributed by atoms with Gasteiger partial charge in [0.15, 0.2) is 5.76 Å². The fourth-order valence-corrected chi connectivity index (χ4v) is 3.85. The lowest BCUT2D eigenvalue weighted by Gasteiger charge is -2.22. The third kappa shape index (κ3) is 4.31. The van der Waals surface area contributed by atoms with Crippen LogP contribution in [0.25, 0.3) is 10.9 Å². The quantitative estimate of drug-likeness (QED) is 0.486. The van der Waals surface area contributed by atoms with E-state index in [9.17, 15) is 9.59 Å². The normalized spacial score (nSPS) is 11.1. The fraction of sp³-hybridized carbons (Fsp3) is 0.231. The molecule has 0 fully saturated rings. The first-order valence-corrected chi connectivity index (χ1v) is 10.4. The van der Waals surface area contributed by atoms with Crippen molar-refractivity contribution >= 4 is 16.8 Å². The second-order valence-electron chi connectivity index (χ2n) is 7.98. The van der Waals surface area contributed by atoms with Gasteiger partial charge in [-0.25, -0.2) is 0 Å². The first-order valence-electron chi connectivity index (χ1n) is 10.4. The number of H-pyrrole nitrogens is 1. The van der Waals surface area contributed by atoms with Crippen molar-refractivity contribution in [2.75, 3.05) is 6.54 Å². The Kier molecular flexibility index (Phi) is 5.76. The number of furan rings is 1. The monoisotopic (exact) mass is 414 g/mol. The predicted molar refractivity (Wildman–Crippen MR) is 122 cm³/mol. The average Bonchev–Trinajstić information content (AvgIpc) is 3.30. The lowest BCUT2D eigenvalue weighted by Crippen LogP contribution is -2.34. The molecule has 0 aliphatic heterocycles. The zero-order valence-electron chi connectivity index (χ0n) is 18.1. The predicted octanol–water partition coefficient (Wildman–Crippen LogP) is 4.93. The van der Waals surface area contributed by atoms with Crippen LogP contribution in [0.3, 0.4) is 0 Å². The van der Waals surface area contributed by atoms with Crippen molar-refractivity contribution in [3.63, 3.8) is 0 Å². The minimum absolute atomic E-state index is 0.172. The van der Waals surface area contributed by atoms with Crippen LogP contribution >= 0.6 is 0 Å². The number of nitrogens with zero attached hydrogens (tertiary/aromatic N) is 1. The molecule has 0 saturated heterocycles. The maximum Gasteiger partial charge on any atom is 0.289 e. The van der Waals surface area contributed by atoms with E-state index in [0.717, 1.165) is 22.0 Å². The van der Waals surface area contributed by atoms with Crippen molar-refractivity contribution in [2.24, 2.45) is 0 Å². The number of pyridine rings is 1. The highest BCUT2D eigenvalue weighted by Gasteiger charge is 2.20. The van der Waals surface area contributed by atoms with Gasteiger partial charge in [-0.15, -0.1) is 0 Å². The number of aromatic nitrogens is 1. The average molecular weight is 415 g/mol. The molecule has 31 heavy (non-hydrogen) atoms. The smallest absolute Gasteiger partial charge is 0.289 e. The highest BCUT2D eigenvalue weighted by Crippen LogP contribution is 2.20. The second kappa shape index (κ2) is 8.64. The molecule has 158 valence electrons. The van der Waals surface area contributed by atoms with E-state index in [1.807, 2.05) is 44.2 Å². The zero-order valence-corrected chi connectivity index (χ0v) is 18.1. The molecule has 0 spiro atoms. The summed E-state index contributed by atoms with van der Waals surface area (Å²) in [7, 11) is 0. The molecule has 2 aromatic carbocycles. The molecule has 1 amide bonds. The van der Waals surface area contributed by atoms with Crippen LogP contribution in [0.2, 0.25) is 0 Å². The van der Waals surface area contributed by atoms with Crippen molar-refractivity contribution < 1.29 is 9.21 Å². The number of hydrogen-bond donors (Lipinski definition) is 1. The number of aromatic amines is 1. The molecule has 0 aliphatic carbocycles. The molecule has 0 radical (unpaired) electrons. The van der Waals surface area contributed by atoms with Crippen LogP contribution in [0, 0.1) is 20.8 Å². The molecule has 0 aliphatic rings. The van der Waals surface area contributed by atoms with Gasteiger partial charge in [-0.3, -0.25) is 9.59 Å². The van der Waals surface area contributed by atoms with Crippen LogP contribution in [-0.4, -0.2) is 22.3 Å². The number of hydrogen-bond acceptors (Lipinski definition) is 3. The van der Waals surface area contributed by atoms with E-state index in [4.69, 9.17) is 4.42 Å². The number of amides is 1. The van der Waals surface area contributed by atoms with E-state index >= 15 is 0 Å². The van der Waals surface area contributed by atoms with E-state index in [0.29, 0.717) is 18.5 Å². The Morgan fingerprint density at radius 2 is 1.77 bits per heavy atom. The maximum atomic E-state index is 13.1. The summed E-state index contributed by atoms with van der Waals surface area (Å²) in [6.45, 7) is 6.78. The Labute approximate surface area is 181 Å². The van der Waals surface area contributed by atoms with Crippen molar-refractivity contribution in [3.05, 3.63) is 105 Å². The first-order chi connectivity index (χ1) is 14.9. The van der Waals surface area contributed by atoms with Crippen LogP contribution < -0.4 is 5.56 Å². The van der Waals surface area contributed by atoms with Crippen LogP contribution in [0.5, 0.6) is 0 Å². The summed E-state index contributed by atoms with van der Waals surface area (Å²) < 4.78 is 5.34. The number of fused-ring (bicyclic) bond motifs is 1. The number of rotatable bonds is 6. The zero-order chi connectivity index (χ0) is 22.0. The molecule has 4 rings (SSSR count). The highest BCUT2D eigenvalue weighted by molar-refractivity contribution is 5.91. The van der Waals surface area contributed by atoms with Gasteiger partial charge < -0.3 is 14.3 Å². The van der Waals surface area contributed by atoms with Gasteiger partial charge >= 0.3 is 0 Å². The van der Waals surface area contributed by atoms with E-state index < -0.39 is 0 Å². The van der Waals surface area contributed by atoms with Gasteiger partial charge in [0.25, 0.3) is 11.5 Å². The molecule has 4 aromatic rings. The summed E-state index contributed by atoms with van der Waals surface area (Å²) in [5.74, 6) is 0.0478. The summed E-state index contributed by atoms with van der Waals surface area (Å²) in [6.07, 6.45) is 2.18. The Balaban J connectivity index is 1.66. The number of benzene rings is 2. The molecular weight excluding hydrogens is 388 g/mol. The van der Waals surface area contributed by atoms with E-state index in [1.165, 1.54) is 17.4 Å². The van der Waals surface area contributed by atoms with Gasteiger partial charge in [0.2, 0.25) is 0 Å². The Hall–Kier alpha value is -3.60. The van der Waals surface area contributed by atoms with Gasteiger partial charge in [0, 0.05) is 12.1 Å². The second-order valence-corrected chi connectivity index (χ2v) is 7.98. The molecule has 2 aromatic heterocycles. The Bertz CT molecular complexity index is 1290. The number of carbonyl (C=O) groups is 1. The summed E-state index contributed by atoms with van der Waals surface area (Å²) in [5, 5.41) is 0.960. The van der Waals surface area contributed by atoms with Crippen molar-refractivity contribution in [1.29, 1.82) is 0 Å². The molecule has 0 saturated carbocycles. The SMILES string of the molecule is Cc1ccccc1CCN(Cc1cc2ccc(C)c(C)c2[nH]c1=O)C(=O)c1ccco1. The molecule has 0 atom stereocenters. The number of carbonyl (C=O) groups excluding carboxylic acids is 1. The standard InChI is InChI=1S/C26H26N2O3/c1-17-10-11-21-15-22(25(29)27-24(21)19(17)3)16-28(26(30)23-9-6-14-31-23)13-12-20-8-5-4-7-18(20)2/h4-11,14-15H,12-13,16H2,1-3H3,(H,27,29). The molecule has 5 nitrogen and oxygen atoms in total. The lowest BCUT2D eigenvalue weighted by molar-refractivity contribution is 0.0712. The van der Waals surface area contributed by atoms with Crippen molar-refractivity contribution in [1.82, 2.24) is 9.88 Å². The van der Waals surface area contributed by atoms with Crippen molar-refractivity contribution in [2.45, 2.75) is 33.7 Å². The molecular formula is C26H26N2O3. The van der Waals surface area contributed by atoms with E-state index in [1.54, 1.807) is 17.0 Å². The van der Waals surface area contributed by atoms with E-state index in [-0.39, 0.29) is 23.8 Å². The highest BCUT2D eigenvalue weighted by atomic mass is 16.3. The number of aryl methyl sites for hydroxylation is 3. The van der Waals surface area contributed by atoms with E-state index in [2.05, 4.69) is 24.0 Å². The van der Waals surface area contributed by atoms with Crippen LogP contribution in [-0.2, 0) is 13.0 Å². The number of nitrogens with one attached hydrogen (secondary N) is 1. The van der Waals surface area contributed by atoms with Gasteiger partial charge in [-0.05, 0) is 73.0 Å². The van der Waals surface area contributed by atoms with Crippen LogP contribution in [0.1, 0.15) is 38.4 Å². The Morgan fingerprint density at radius 1 is 0.968 bits per heavy atom. The molecule has 0 bridgehead atoms. The van der Waals surface area contributed by atoms with Crippen molar-refractivity contribution in [3.8, 4) is 0 Å². The van der Waals surface area contributed by atoms with Gasteiger partial charge in [-0.2, -0.15) is 0 Å². The van der Waals surface area contributed by atoms with Gasteiger partial charge in [0.05, 0.1) is 18.3 Å². The third-order valence-corrected chi connectivity index (χ3v) is 5.92. The fourth-order valence-electron chi connectivity index (χ4n) is 3.85. The molecule has 1 N–H and O–H groups in total. The Morgan fingerprint density at radius 3 is 2.52 bits per heavy atom. The molecule has 2 heterocycles. The summed E-state index contributed by atoms with van der Waals surface area (Å²) in [4.78, 5) is 30.7. The minimum Gasteiger partial charge on any atom is -0.459 e. The van der Waals surface area contributed by atoms with Crippen LogP contribution in [0.4, 0.5) is 0 Å². The topological polar surface area (TPSA) is 66.3 Å². The van der Waals surface area contributed by atoms with Gasteiger partial charge in [0.1, 0.15) is 0 Å². The maximum absolute atomic E-state index is 13.1. The summed E-state index contributed by atoms with van der Waals surface area (Å²) >= 11 is 0.